The lowest BCUT2D eigenvalue weighted by molar-refractivity contribution is 1.30. The average molecular weight is 136 g/mol. The Balaban J connectivity index is 3.97. The third-order valence-corrected chi connectivity index (χ3v) is 0.945. The molecule has 0 aromatic heterocycles. The molecule has 0 spiro atoms. The monoisotopic (exact) mass is 136 g/mol. The first-order chi connectivity index (χ1) is 4.72. The van der Waals surface area contributed by atoms with Crippen molar-refractivity contribution in [2.45, 2.75) is 13.3 Å². The van der Waals surface area contributed by atoms with Crippen LogP contribution in [-0.2, 0) is 0 Å². The number of nitrogens with zero attached hydrogens (tertiary/aromatic N) is 1. The number of hydrogen-bond donors (Lipinski definition) is 1. The molecule has 0 aromatic carbocycles. The number of aliphatic imine (C=N–C) groups is 1. The summed E-state index contributed by atoms with van der Waals surface area (Å²) in [5.41, 5.74) is 0.751. The van der Waals surface area contributed by atoms with E-state index in [0.29, 0.717) is 5.70 Å². The Morgan fingerprint density at radius 2 is 2.30 bits per heavy atom. The fraction of sp³-hybridized carbons (Fsp3) is 0.250. The van der Waals surface area contributed by atoms with Crippen LogP contribution in [0.25, 0.3) is 0 Å². The van der Waals surface area contributed by atoms with Crippen LogP contribution in [0.1, 0.15) is 13.3 Å². The van der Waals surface area contributed by atoms with Crippen LogP contribution in [0.2, 0.25) is 0 Å². The molecule has 0 aliphatic heterocycles. The molecule has 0 aromatic rings. The predicted octanol–water partition coefficient (Wildman–Crippen LogP) is 2.19. The minimum Gasteiger partial charge on any atom is -0.299 e. The smallest absolute Gasteiger partial charge is 0.0803 e. The molecule has 0 rings (SSSR count). The molecule has 0 bridgehead atoms. The van der Waals surface area contributed by atoms with Crippen LogP contribution in [0.4, 0.5) is 0 Å². The summed E-state index contributed by atoms with van der Waals surface area (Å²) in [6.07, 6.45) is 4.01. The zero-order chi connectivity index (χ0) is 7.98. The third kappa shape index (κ3) is 2.97. The molecule has 0 atom stereocenters. The van der Waals surface area contributed by atoms with Gasteiger partial charge >= 0.3 is 0 Å². The maximum absolute atomic E-state index is 7.19. The summed E-state index contributed by atoms with van der Waals surface area (Å²) in [4.78, 5) is 3.90. The molecule has 0 saturated carbocycles. The van der Waals surface area contributed by atoms with Crippen molar-refractivity contribution in [1.82, 2.24) is 0 Å². The SMILES string of the molecule is C=CC(=N)C(=C)N=CCC. The van der Waals surface area contributed by atoms with Crippen LogP contribution >= 0.6 is 0 Å². The third-order valence-electron chi connectivity index (χ3n) is 0.945. The standard InChI is InChI=1S/C8H12N2/c1-4-6-10-7(3)8(9)5-2/h5-6,9H,2-4H2,1H3. The van der Waals surface area contributed by atoms with Crippen LogP contribution in [-0.4, -0.2) is 11.9 Å². The number of allylic oxidation sites excluding steroid dienone is 1. The summed E-state index contributed by atoms with van der Waals surface area (Å²) in [7, 11) is 0. The Morgan fingerprint density at radius 1 is 1.70 bits per heavy atom. The van der Waals surface area contributed by atoms with E-state index < -0.39 is 0 Å². The molecular formula is C8H12N2. The van der Waals surface area contributed by atoms with Gasteiger partial charge in [-0.15, -0.1) is 0 Å². The highest BCUT2D eigenvalue weighted by Gasteiger charge is 1.91. The van der Waals surface area contributed by atoms with E-state index in [2.05, 4.69) is 18.2 Å². The van der Waals surface area contributed by atoms with E-state index in [1.807, 2.05) is 6.92 Å². The van der Waals surface area contributed by atoms with Crippen molar-refractivity contribution >= 4 is 11.9 Å². The first-order valence-electron chi connectivity index (χ1n) is 3.15. The molecule has 0 heterocycles. The van der Waals surface area contributed by atoms with Crippen molar-refractivity contribution in [3.8, 4) is 0 Å². The highest BCUT2D eigenvalue weighted by Crippen LogP contribution is 1.94. The van der Waals surface area contributed by atoms with Crippen molar-refractivity contribution in [3.05, 3.63) is 24.9 Å². The molecule has 1 N–H and O–H groups in total. The molecule has 2 heteroatoms. The maximum atomic E-state index is 7.19. The fourth-order valence-electron chi connectivity index (χ4n) is 0.389. The summed E-state index contributed by atoms with van der Waals surface area (Å²) >= 11 is 0. The Labute approximate surface area is 61.5 Å². The zero-order valence-corrected chi connectivity index (χ0v) is 6.22. The lowest BCUT2D eigenvalue weighted by atomic mass is 10.3. The number of nitrogens with one attached hydrogen (secondary N) is 1. The second kappa shape index (κ2) is 4.68. The van der Waals surface area contributed by atoms with Gasteiger partial charge in [-0.05, 0) is 12.5 Å². The summed E-state index contributed by atoms with van der Waals surface area (Å²) in [5.74, 6) is 0. The van der Waals surface area contributed by atoms with Crippen molar-refractivity contribution in [3.63, 3.8) is 0 Å². The van der Waals surface area contributed by atoms with E-state index in [9.17, 15) is 0 Å². The van der Waals surface area contributed by atoms with Gasteiger partial charge in [0.25, 0.3) is 0 Å². The molecule has 0 aliphatic rings. The van der Waals surface area contributed by atoms with Crippen LogP contribution in [0.15, 0.2) is 29.9 Å². The van der Waals surface area contributed by atoms with Crippen LogP contribution < -0.4 is 0 Å². The largest absolute Gasteiger partial charge is 0.299 e. The van der Waals surface area contributed by atoms with E-state index in [1.165, 1.54) is 6.08 Å². The second-order valence-corrected chi connectivity index (χ2v) is 1.78. The highest BCUT2D eigenvalue weighted by molar-refractivity contribution is 6.05. The van der Waals surface area contributed by atoms with Gasteiger partial charge < -0.3 is 0 Å². The minimum absolute atomic E-state index is 0.282. The fourth-order valence-corrected chi connectivity index (χ4v) is 0.389. The molecule has 0 saturated heterocycles. The van der Waals surface area contributed by atoms with Crippen molar-refractivity contribution in [1.29, 1.82) is 5.41 Å². The van der Waals surface area contributed by atoms with Crippen LogP contribution in [0.3, 0.4) is 0 Å². The second-order valence-electron chi connectivity index (χ2n) is 1.78. The van der Waals surface area contributed by atoms with E-state index in [1.54, 1.807) is 6.21 Å². The first-order valence-corrected chi connectivity index (χ1v) is 3.15. The Hall–Kier alpha value is -1.18. The first kappa shape index (κ1) is 8.82. The van der Waals surface area contributed by atoms with Crippen LogP contribution in [0, 0.1) is 5.41 Å². The van der Waals surface area contributed by atoms with Gasteiger partial charge in [-0.1, -0.05) is 20.1 Å². The molecule has 0 unspecified atom stereocenters. The van der Waals surface area contributed by atoms with Crippen molar-refractivity contribution < 1.29 is 0 Å². The van der Waals surface area contributed by atoms with Crippen LogP contribution in [0.5, 0.6) is 0 Å². The summed E-state index contributed by atoms with van der Waals surface area (Å²) in [6, 6.07) is 0. The molecule has 0 aliphatic carbocycles. The molecule has 10 heavy (non-hydrogen) atoms. The normalized spacial score (nSPS) is 9.70. The average Bonchev–Trinajstić information content (AvgIpc) is 1.98. The molecular weight excluding hydrogens is 124 g/mol. The summed E-state index contributed by atoms with van der Waals surface area (Å²) in [5, 5.41) is 7.19. The van der Waals surface area contributed by atoms with E-state index in [0.717, 1.165) is 6.42 Å². The molecule has 0 radical (unpaired) electrons. The van der Waals surface area contributed by atoms with Gasteiger partial charge in [0.1, 0.15) is 0 Å². The molecule has 54 valence electrons. The highest BCUT2D eigenvalue weighted by atomic mass is 14.7. The Morgan fingerprint density at radius 3 is 2.70 bits per heavy atom. The summed E-state index contributed by atoms with van der Waals surface area (Å²) < 4.78 is 0. The molecule has 2 nitrogen and oxygen atoms in total. The predicted molar refractivity (Wildman–Crippen MR) is 45.8 cm³/mol. The lowest BCUT2D eigenvalue weighted by Gasteiger charge is -1.92. The molecule has 0 amide bonds. The van der Waals surface area contributed by atoms with Gasteiger partial charge in [0.15, 0.2) is 0 Å². The minimum atomic E-state index is 0.282. The summed E-state index contributed by atoms with van der Waals surface area (Å²) in [6.45, 7) is 8.98. The zero-order valence-electron chi connectivity index (χ0n) is 6.22. The quantitative estimate of drug-likeness (QED) is 0.575. The number of rotatable bonds is 4. The van der Waals surface area contributed by atoms with Gasteiger partial charge in [-0.3, -0.25) is 10.4 Å². The lowest BCUT2D eigenvalue weighted by Crippen LogP contribution is -1.91. The van der Waals surface area contributed by atoms with E-state index in [4.69, 9.17) is 5.41 Å². The maximum Gasteiger partial charge on any atom is 0.0803 e. The number of hydrogen-bond acceptors (Lipinski definition) is 2. The van der Waals surface area contributed by atoms with Gasteiger partial charge in [0.05, 0.1) is 11.4 Å². The molecule has 0 fully saturated rings. The Kier molecular flexibility index (Phi) is 4.12. The van der Waals surface area contributed by atoms with Crippen molar-refractivity contribution in [2.24, 2.45) is 4.99 Å². The van der Waals surface area contributed by atoms with Crippen molar-refractivity contribution in [2.75, 3.05) is 0 Å². The topological polar surface area (TPSA) is 36.2 Å². The van der Waals surface area contributed by atoms with Gasteiger partial charge in [0.2, 0.25) is 0 Å². The van der Waals surface area contributed by atoms with Gasteiger partial charge in [-0.2, -0.15) is 0 Å². The van der Waals surface area contributed by atoms with Gasteiger partial charge in [-0.25, -0.2) is 0 Å². The van der Waals surface area contributed by atoms with E-state index in [-0.39, 0.29) is 5.71 Å². The Bertz CT molecular complexity index is 178. The van der Waals surface area contributed by atoms with E-state index >= 15 is 0 Å². The van der Waals surface area contributed by atoms with Gasteiger partial charge in [0, 0.05) is 6.21 Å².